The molecule has 0 aliphatic carbocycles. The first-order valence-corrected chi connectivity index (χ1v) is 10.4. The molecular formula is C22H17GaNO2-. The molecule has 0 aliphatic rings. The minimum absolute atomic E-state index is 0.798. The van der Waals surface area contributed by atoms with Crippen molar-refractivity contribution >= 4 is 29.0 Å². The van der Waals surface area contributed by atoms with Gasteiger partial charge in [-0.05, 0) is 0 Å². The number of nitrogens with zero attached hydrogens (tertiary/aromatic N) is 1. The fourth-order valence-corrected chi connectivity index (χ4v) is 4.08. The molecule has 4 aromatic rings. The van der Waals surface area contributed by atoms with Crippen molar-refractivity contribution in [3.05, 3.63) is 90.6 Å². The van der Waals surface area contributed by atoms with Gasteiger partial charge in [-0.3, -0.25) is 0 Å². The monoisotopic (exact) mass is 396 g/mol. The van der Waals surface area contributed by atoms with Crippen molar-refractivity contribution in [2.75, 3.05) is 0 Å². The van der Waals surface area contributed by atoms with Crippen molar-refractivity contribution in [2.24, 2.45) is 0 Å². The average Bonchev–Trinajstić information content (AvgIpc) is 2.69. The molecule has 0 amide bonds. The Balaban J connectivity index is 1.43. The van der Waals surface area contributed by atoms with Crippen LogP contribution in [0.4, 0.5) is 0 Å². The Morgan fingerprint density at radius 2 is 1.46 bits per heavy atom. The van der Waals surface area contributed by atoms with Crippen molar-refractivity contribution in [1.29, 1.82) is 0 Å². The summed E-state index contributed by atoms with van der Waals surface area (Å²) >= 11 is -1.37. The molecule has 3 nitrogen and oxygen atoms in total. The molecule has 0 spiro atoms. The van der Waals surface area contributed by atoms with Gasteiger partial charge in [-0.2, -0.15) is 0 Å². The Kier molecular flexibility index (Phi) is 4.95. The zero-order chi connectivity index (χ0) is 17.8. The molecule has 126 valence electrons. The Morgan fingerprint density at radius 1 is 0.692 bits per heavy atom. The number of aryl methyl sites for hydroxylation is 1. The van der Waals surface area contributed by atoms with Crippen LogP contribution in [0.2, 0.25) is 0 Å². The van der Waals surface area contributed by atoms with Gasteiger partial charge in [0.1, 0.15) is 0 Å². The molecule has 4 heteroatoms. The molecule has 0 saturated heterocycles. The third kappa shape index (κ3) is 3.76. The van der Waals surface area contributed by atoms with Gasteiger partial charge in [0.15, 0.2) is 0 Å². The molecule has 2 radical (unpaired) electrons. The van der Waals surface area contributed by atoms with E-state index in [9.17, 15) is 0 Å². The van der Waals surface area contributed by atoms with Crippen molar-refractivity contribution in [1.82, 2.24) is 4.98 Å². The van der Waals surface area contributed by atoms with Gasteiger partial charge in [-0.1, -0.05) is 0 Å². The van der Waals surface area contributed by atoms with Gasteiger partial charge in [-0.15, -0.1) is 0 Å². The molecule has 0 atom stereocenters. The van der Waals surface area contributed by atoms with Crippen LogP contribution in [-0.4, -0.2) is 23.1 Å². The Bertz CT molecular complexity index is 1020. The minimum atomic E-state index is -1.37. The molecule has 1 aromatic heterocycles. The number of benzene rings is 3. The van der Waals surface area contributed by atoms with Crippen molar-refractivity contribution < 1.29 is 7.06 Å². The number of aromatic nitrogens is 1. The van der Waals surface area contributed by atoms with Crippen LogP contribution in [0.15, 0.2) is 84.9 Å². The van der Waals surface area contributed by atoms with E-state index in [4.69, 9.17) is 7.06 Å². The van der Waals surface area contributed by atoms with E-state index in [2.05, 4.69) is 35.3 Å². The molecule has 3 aromatic carbocycles. The molecule has 26 heavy (non-hydrogen) atoms. The van der Waals surface area contributed by atoms with Crippen LogP contribution in [0, 0.1) is 6.92 Å². The molecule has 0 fully saturated rings. The maximum absolute atomic E-state index is 5.96. The van der Waals surface area contributed by atoms with E-state index in [1.54, 1.807) is 0 Å². The van der Waals surface area contributed by atoms with Crippen LogP contribution in [0.25, 0.3) is 22.0 Å². The van der Waals surface area contributed by atoms with E-state index in [1.807, 2.05) is 61.5 Å². The second kappa shape index (κ2) is 7.68. The van der Waals surface area contributed by atoms with Gasteiger partial charge in [-0.25, -0.2) is 0 Å². The SMILES string of the molecule is Cc1ccc2cccc([O][Ga-][O]c3ccc(-c4ccccc4)cc3)c2n1. The zero-order valence-corrected chi connectivity index (χ0v) is 16.8. The van der Waals surface area contributed by atoms with Crippen LogP contribution in [0.3, 0.4) is 0 Å². The fraction of sp³-hybridized carbons (Fsp3) is 0.0455. The number of hydrogen-bond donors (Lipinski definition) is 0. The Labute approximate surface area is 161 Å². The first-order valence-electron chi connectivity index (χ1n) is 8.46. The summed E-state index contributed by atoms with van der Waals surface area (Å²) in [6.45, 7) is 1.99. The molecular weight excluding hydrogens is 380 g/mol. The summed E-state index contributed by atoms with van der Waals surface area (Å²) in [5.41, 5.74) is 4.25. The van der Waals surface area contributed by atoms with Crippen LogP contribution >= 0.6 is 0 Å². The number of rotatable bonds is 5. The van der Waals surface area contributed by atoms with Gasteiger partial charge in [0.05, 0.1) is 0 Å². The second-order valence-electron chi connectivity index (χ2n) is 6.00. The average molecular weight is 397 g/mol. The summed E-state index contributed by atoms with van der Waals surface area (Å²) in [6.07, 6.45) is 0. The number of hydrogen-bond acceptors (Lipinski definition) is 3. The van der Waals surface area contributed by atoms with Crippen LogP contribution in [0.1, 0.15) is 5.69 Å². The van der Waals surface area contributed by atoms with E-state index in [1.165, 1.54) is 11.1 Å². The molecule has 4 rings (SSSR count). The molecule has 0 aliphatic heterocycles. The Hall–Kier alpha value is -2.69. The van der Waals surface area contributed by atoms with E-state index < -0.39 is 18.1 Å². The molecule has 0 saturated carbocycles. The fourth-order valence-electron chi connectivity index (χ4n) is 2.80. The predicted molar refractivity (Wildman–Crippen MR) is 105 cm³/mol. The third-order valence-corrected chi connectivity index (χ3v) is 5.65. The van der Waals surface area contributed by atoms with E-state index >= 15 is 0 Å². The standard InChI is InChI=1S/C12H10O.C10H9NO.Ga/c13-12-8-6-11(7-9-12)10-4-2-1-3-5-10;1-7-5-6-8-3-2-4-9(12)10(8)11-7;/h1-9,13H;2-6,12H,1H3;/q;;+1/p-2. The quantitative estimate of drug-likeness (QED) is 0.434. The van der Waals surface area contributed by atoms with Gasteiger partial charge < -0.3 is 0 Å². The summed E-state index contributed by atoms with van der Waals surface area (Å²) in [5.74, 6) is 1.64. The summed E-state index contributed by atoms with van der Waals surface area (Å²) in [4.78, 5) is 4.59. The Morgan fingerprint density at radius 3 is 2.27 bits per heavy atom. The normalized spacial score (nSPS) is 10.7. The van der Waals surface area contributed by atoms with E-state index in [0.717, 1.165) is 28.1 Å². The van der Waals surface area contributed by atoms with Gasteiger partial charge in [0.2, 0.25) is 0 Å². The van der Waals surface area contributed by atoms with Gasteiger partial charge >= 0.3 is 161 Å². The first-order chi connectivity index (χ1) is 12.8. The number of para-hydroxylation sites is 1. The second-order valence-corrected chi connectivity index (χ2v) is 7.40. The van der Waals surface area contributed by atoms with Crippen LogP contribution in [0.5, 0.6) is 11.5 Å². The first kappa shape index (κ1) is 16.8. The van der Waals surface area contributed by atoms with E-state index in [-0.39, 0.29) is 0 Å². The molecule has 1 heterocycles. The van der Waals surface area contributed by atoms with Gasteiger partial charge in [0.25, 0.3) is 0 Å². The van der Waals surface area contributed by atoms with Crippen LogP contribution in [-0.2, 0) is 0 Å². The summed E-state index contributed by atoms with van der Waals surface area (Å²) in [7, 11) is 0. The van der Waals surface area contributed by atoms with Gasteiger partial charge in [0, 0.05) is 0 Å². The topological polar surface area (TPSA) is 31.4 Å². The van der Waals surface area contributed by atoms with Crippen LogP contribution < -0.4 is 7.06 Å². The molecule has 0 N–H and O–H groups in total. The number of fused-ring (bicyclic) bond motifs is 1. The third-order valence-electron chi connectivity index (χ3n) is 4.14. The summed E-state index contributed by atoms with van der Waals surface area (Å²) < 4.78 is 11.9. The molecule has 0 unspecified atom stereocenters. The van der Waals surface area contributed by atoms with Crippen molar-refractivity contribution in [3.8, 4) is 22.6 Å². The van der Waals surface area contributed by atoms with Crippen molar-refractivity contribution in [3.63, 3.8) is 0 Å². The summed E-state index contributed by atoms with van der Waals surface area (Å²) in [5, 5.41) is 1.08. The van der Waals surface area contributed by atoms with Crippen molar-refractivity contribution in [2.45, 2.75) is 6.92 Å². The molecule has 0 bridgehead atoms. The number of pyridine rings is 1. The summed E-state index contributed by atoms with van der Waals surface area (Å²) in [6, 6.07) is 28.5. The predicted octanol–water partition coefficient (Wildman–Crippen LogP) is 5.20. The zero-order valence-electron chi connectivity index (χ0n) is 14.4. The maximum atomic E-state index is 5.96. The van der Waals surface area contributed by atoms with E-state index in [0.29, 0.717) is 0 Å².